The van der Waals surface area contributed by atoms with Crippen LogP contribution in [-0.2, 0) is 23.0 Å². The number of aromatic nitrogens is 1. The van der Waals surface area contributed by atoms with Gasteiger partial charge in [-0.3, -0.25) is 4.99 Å². The lowest BCUT2D eigenvalue weighted by Gasteiger charge is -2.17. The normalized spacial score (nSPS) is 12.1. The summed E-state index contributed by atoms with van der Waals surface area (Å²) < 4.78 is 26.3. The van der Waals surface area contributed by atoms with Crippen molar-refractivity contribution in [1.29, 1.82) is 0 Å². The highest BCUT2D eigenvalue weighted by Crippen LogP contribution is 2.19. The molecule has 3 rings (SSSR count). The molecule has 2 aromatic carbocycles. The number of para-hydroxylation sites is 1. The van der Waals surface area contributed by atoms with Gasteiger partial charge in [0.25, 0.3) is 0 Å². The fourth-order valence-electron chi connectivity index (χ4n) is 3.15. The fourth-order valence-corrected chi connectivity index (χ4v) is 4.27. The molecule has 0 radical (unpaired) electrons. The smallest absolute Gasteiger partial charge is 0.242 e. The number of nitrogens with one attached hydrogen (secondary N) is 3. The van der Waals surface area contributed by atoms with Gasteiger partial charge < -0.3 is 15.6 Å². The van der Waals surface area contributed by atoms with Gasteiger partial charge in [0.1, 0.15) is 0 Å². The largest absolute Gasteiger partial charge is 0.361 e. The maximum Gasteiger partial charge on any atom is 0.242 e. The minimum atomic E-state index is -3.50. The first-order chi connectivity index (χ1) is 13.9. The maximum atomic E-state index is 12.5. The summed E-state index contributed by atoms with van der Waals surface area (Å²) in [5, 5.41) is 7.71. The van der Waals surface area contributed by atoms with E-state index in [2.05, 4.69) is 32.7 Å². The van der Waals surface area contributed by atoms with Gasteiger partial charge >= 0.3 is 0 Å². The number of fused-ring (bicyclic) bond motifs is 1. The molecule has 162 valence electrons. The Bertz CT molecular complexity index is 1110. The van der Waals surface area contributed by atoms with Crippen LogP contribution in [0.2, 0.25) is 0 Å². The summed E-state index contributed by atoms with van der Waals surface area (Å²) in [6.07, 6.45) is 2.88. The Kier molecular flexibility index (Phi) is 8.68. The van der Waals surface area contributed by atoms with E-state index in [1.54, 1.807) is 19.2 Å². The van der Waals surface area contributed by atoms with E-state index in [0.29, 0.717) is 29.5 Å². The molecule has 0 fully saturated rings. The standard InChI is InChI=1S/C21H27N5O2S.HI/c1-22-21(23-13-12-16-14-24-19-10-6-5-9-18(16)19)25-15-17-8-4-7-11-20(17)29(27,28)26(2)3;/h4-11,14,24H,12-13,15H2,1-3H3,(H2,22,23,25);1H. The summed E-state index contributed by atoms with van der Waals surface area (Å²) >= 11 is 0. The zero-order valence-corrected chi connectivity index (χ0v) is 20.5. The number of H-pyrrole nitrogens is 1. The van der Waals surface area contributed by atoms with Gasteiger partial charge in [-0.25, -0.2) is 12.7 Å². The first-order valence-electron chi connectivity index (χ1n) is 9.43. The Morgan fingerprint density at radius 1 is 1.03 bits per heavy atom. The molecular weight excluding hydrogens is 513 g/mol. The Morgan fingerprint density at radius 3 is 2.47 bits per heavy atom. The topological polar surface area (TPSA) is 89.6 Å². The highest BCUT2D eigenvalue weighted by molar-refractivity contribution is 14.0. The van der Waals surface area contributed by atoms with Crippen molar-refractivity contribution in [3.05, 3.63) is 65.9 Å². The van der Waals surface area contributed by atoms with Crippen LogP contribution in [-0.4, -0.2) is 51.4 Å². The fraction of sp³-hybridized carbons (Fsp3) is 0.286. The number of nitrogens with zero attached hydrogens (tertiary/aromatic N) is 2. The van der Waals surface area contributed by atoms with Crippen LogP contribution < -0.4 is 10.6 Å². The Hall–Kier alpha value is -2.11. The van der Waals surface area contributed by atoms with Gasteiger partial charge in [-0.2, -0.15) is 0 Å². The van der Waals surface area contributed by atoms with Crippen molar-refractivity contribution in [2.45, 2.75) is 17.9 Å². The molecule has 30 heavy (non-hydrogen) atoms. The molecule has 0 atom stereocenters. The van der Waals surface area contributed by atoms with Crippen molar-refractivity contribution in [2.24, 2.45) is 4.99 Å². The van der Waals surface area contributed by atoms with E-state index in [9.17, 15) is 8.42 Å². The van der Waals surface area contributed by atoms with E-state index in [0.717, 1.165) is 11.9 Å². The van der Waals surface area contributed by atoms with Crippen molar-refractivity contribution in [2.75, 3.05) is 27.7 Å². The lowest BCUT2D eigenvalue weighted by Crippen LogP contribution is -2.38. The van der Waals surface area contributed by atoms with Gasteiger partial charge in [-0.1, -0.05) is 36.4 Å². The molecule has 0 aliphatic carbocycles. The van der Waals surface area contributed by atoms with E-state index >= 15 is 0 Å². The van der Waals surface area contributed by atoms with Gasteiger partial charge in [-0.15, -0.1) is 24.0 Å². The average Bonchev–Trinajstić information content (AvgIpc) is 3.13. The molecule has 1 aromatic heterocycles. The van der Waals surface area contributed by atoms with Crippen LogP contribution in [0.5, 0.6) is 0 Å². The molecule has 7 nitrogen and oxygen atoms in total. The molecule has 0 amide bonds. The molecule has 0 unspecified atom stereocenters. The highest BCUT2D eigenvalue weighted by Gasteiger charge is 2.20. The summed E-state index contributed by atoms with van der Waals surface area (Å²) in [5.41, 5.74) is 3.07. The molecular formula is C21H28IN5O2S. The van der Waals surface area contributed by atoms with Crippen molar-refractivity contribution in [1.82, 2.24) is 19.9 Å². The predicted octanol–water partition coefficient (Wildman–Crippen LogP) is 2.94. The van der Waals surface area contributed by atoms with E-state index < -0.39 is 10.0 Å². The first kappa shape index (κ1) is 24.2. The number of hydrogen-bond acceptors (Lipinski definition) is 3. The van der Waals surface area contributed by atoms with Gasteiger partial charge in [0.15, 0.2) is 5.96 Å². The van der Waals surface area contributed by atoms with Crippen LogP contribution in [0.4, 0.5) is 0 Å². The lowest BCUT2D eigenvalue weighted by molar-refractivity contribution is 0.519. The average molecular weight is 541 g/mol. The third kappa shape index (κ3) is 5.52. The van der Waals surface area contributed by atoms with Gasteiger partial charge in [-0.05, 0) is 29.7 Å². The third-order valence-electron chi connectivity index (χ3n) is 4.76. The number of guanidine groups is 1. The molecule has 0 aliphatic heterocycles. The van der Waals surface area contributed by atoms with Gasteiger partial charge in [0.2, 0.25) is 10.0 Å². The SMILES string of the molecule is CN=C(NCCc1c[nH]c2ccccc12)NCc1ccccc1S(=O)(=O)N(C)C.I. The summed E-state index contributed by atoms with van der Waals surface area (Å²) in [4.78, 5) is 7.82. The second-order valence-corrected chi connectivity index (χ2v) is 8.98. The van der Waals surface area contributed by atoms with E-state index in [1.807, 2.05) is 30.5 Å². The molecule has 1 heterocycles. The molecule has 3 aromatic rings. The molecule has 0 spiro atoms. The van der Waals surface area contributed by atoms with Crippen molar-refractivity contribution in [3.63, 3.8) is 0 Å². The summed E-state index contributed by atoms with van der Waals surface area (Å²) in [6.45, 7) is 1.06. The zero-order valence-electron chi connectivity index (χ0n) is 17.3. The van der Waals surface area contributed by atoms with Crippen molar-refractivity contribution < 1.29 is 8.42 Å². The van der Waals surface area contributed by atoms with Crippen LogP contribution in [0.1, 0.15) is 11.1 Å². The van der Waals surface area contributed by atoms with E-state index in [-0.39, 0.29) is 24.0 Å². The van der Waals surface area contributed by atoms with Crippen LogP contribution in [0.25, 0.3) is 10.9 Å². The Balaban J connectivity index is 0.00000320. The van der Waals surface area contributed by atoms with Crippen molar-refractivity contribution in [3.8, 4) is 0 Å². The van der Waals surface area contributed by atoms with E-state index in [1.165, 1.54) is 29.4 Å². The summed E-state index contributed by atoms with van der Waals surface area (Å²) in [7, 11) is 1.26. The predicted molar refractivity (Wildman–Crippen MR) is 133 cm³/mol. The number of sulfonamides is 1. The lowest BCUT2D eigenvalue weighted by atomic mass is 10.1. The second-order valence-electron chi connectivity index (χ2n) is 6.86. The summed E-state index contributed by atoms with van der Waals surface area (Å²) in [5.74, 6) is 0.627. The second kappa shape index (κ2) is 10.8. The quantitative estimate of drug-likeness (QED) is 0.244. The van der Waals surface area contributed by atoms with Crippen LogP contribution in [0, 0.1) is 0 Å². The van der Waals surface area contributed by atoms with E-state index in [4.69, 9.17) is 0 Å². The highest BCUT2D eigenvalue weighted by atomic mass is 127. The minimum Gasteiger partial charge on any atom is -0.361 e. The zero-order chi connectivity index (χ0) is 20.9. The Labute approximate surface area is 195 Å². The van der Waals surface area contributed by atoms with Crippen LogP contribution in [0.3, 0.4) is 0 Å². The van der Waals surface area contributed by atoms with Crippen LogP contribution >= 0.6 is 24.0 Å². The monoisotopic (exact) mass is 541 g/mol. The molecule has 0 bridgehead atoms. The molecule has 0 aliphatic rings. The third-order valence-corrected chi connectivity index (χ3v) is 6.68. The Morgan fingerprint density at radius 2 is 1.73 bits per heavy atom. The maximum absolute atomic E-state index is 12.5. The van der Waals surface area contributed by atoms with Gasteiger partial charge in [0.05, 0.1) is 4.90 Å². The van der Waals surface area contributed by atoms with Crippen molar-refractivity contribution >= 4 is 50.9 Å². The number of rotatable bonds is 7. The number of aliphatic imine (C=N–C) groups is 1. The minimum absolute atomic E-state index is 0. The van der Waals surface area contributed by atoms with Crippen LogP contribution in [0.15, 0.2) is 64.6 Å². The number of halogens is 1. The molecule has 0 saturated heterocycles. The number of hydrogen-bond donors (Lipinski definition) is 3. The molecule has 3 N–H and O–H groups in total. The summed E-state index contributed by atoms with van der Waals surface area (Å²) in [6, 6.07) is 15.2. The number of aromatic amines is 1. The molecule has 9 heteroatoms. The first-order valence-corrected chi connectivity index (χ1v) is 10.9. The molecule has 0 saturated carbocycles. The number of benzene rings is 2. The van der Waals surface area contributed by atoms with Gasteiger partial charge in [0, 0.05) is 51.3 Å².